The zero-order valence-corrected chi connectivity index (χ0v) is 11.5. The first kappa shape index (κ1) is 14.7. The molecule has 5 nitrogen and oxygen atoms in total. The number of benzene rings is 1. The Kier molecular flexibility index (Phi) is 4.86. The summed E-state index contributed by atoms with van der Waals surface area (Å²) in [5.74, 6) is -0.450. The van der Waals surface area contributed by atoms with Gasteiger partial charge >= 0.3 is 5.97 Å². The molecule has 0 aliphatic carbocycles. The second kappa shape index (κ2) is 5.97. The zero-order valence-electron chi connectivity index (χ0n) is 10.6. The quantitative estimate of drug-likeness (QED) is 0.817. The Balaban J connectivity index is 2.76. The number of methoxy groups -OCH3 is 1. The summed E-state index contributed by atoms with van der Waals surface area (Å²) in [5.41, 5.74) is 0.983. The fourth-order valence-corrected chi connectivity index (χ4v) is 2.67. The van der Waals surface area contributed by atoms with E-state index in [1.165, 1.54) is 19.2 Å². The van der Waals surface area contributed by atoms with E-state index >= 15 is 0 Å². The third-order valence-electron chi connectivity index (χ3n) is 2.39. The van der Waals surface area contributed by atoms with Crippen molar-refractivity contribution in [3.63, 3.8) is 0 Å². The van der Waals surface area contributed by atoms with E-state index in [2.05, 4.69) is 9.46 Å². The van der Waals surface area contributed by atoms with E-state index in [0.29, 0.717) is 0 Å². The molecule has 1 N–H and O–H groups in total. The number of hydrogen-bond donors (Lipinski definition) is 1. The van der Waals surface area contributed by atoms with Crippen LogP contribution in [0.2, 0.25) is 0 Å². The molecule has 0 heterocycles. The Bertz CT molecular complexity index is 507. The predicted octanol–water partition coefficient (Wildman–Crippen LogP) is 1.22. The molecule has 100 valence electrons. The van der Waals surface area contributed by atoms with Gasteiger partial charge in [-0.05, 0) is 26.0 Å². The Morgan fingerprint density at radius 3 is 2.39 bits per heavy atom. The molecule has 0 unspecified atom stereocenters. The normalized spacial score (nSPS) is 13.1. The molecule has 0 saturated carbocycles. The first-order chi connectivity index (χ1) is 8.35. The minimum absolute atomic E-state index is 0.00158. The number of ether oxygens (including phenoxy) is 1. The van der Waals surface area contributed by atoms with Gasteiger partial charge in [0.15, 0.2) is 0 Å². The van der Waals surface area contributed by atoms with Crippen molar-refractivity contribution < 1.29 is 17.9 Å². The Hall–Kier alpha value is -1.40. The first-order valence-electron chi connectivity index (χ1n) is 5.51. The van der Waals surface area contributed by atoms with E-state index in [4.69, 9.17) is 0 Å². The second-order valence-corrected chi connectivity index (χ2v) is 5.83. The zero-order chi connectivity index (χ0) is 13.8. The van der Waals surface area contributed by atoms with Crippen LogP contribution in [0.1, 0.15) is 18.9 Å². The predicted molar refractivity (Wildman–Crippen MR) is 67.6 cm³/mol. The monoisotopic (exact) mass is 271 g/mol. The maximum absolute atomic E-state index is 12.0. The van der Waals surface area contributed by atoms with Crippen LogP contribution in [0.15, 0.2) is 29.2 Å². The molecular weight excluding hydrogens is 254 g/mol. The second-order valence-electron chi connectivity index (χ2n) is 4.12. The SMILES string of the molecule is COC(=O)C[C@H](C)NS(=O)(=O)c1ccc(C)cc1. The van der Waals surface area contributed by atoms with Crippen LogP contribution in [0.25, 0.3) is 0 Å². The highest BCUT2D eigenvalue weighted by molar-refractivity contribution is 7.89. The van der Waals surface area contributed by atoms with Crippen molar-refractivity contribution in [3.05, 3.63) is 29.8 Å². The number of esters is 1. The van der Waals surface area contributed by atoms with E-state index in [0.717, 1.165) is 5.56 Å². The summed E-state index contributed by atoms with van der Waals surface area (Å²) < 4.78 is 30.8. The number of aryl methyl sites for hydroxylation is 1. The number of hydrogen-bond acceptors (Lipinski definition) is 4. The highest BCUT2D eigenvalue weighted by Gasteiger charge is 2.19. The van der Waals surface area contributed by atoms with Gasteiger partial charge in [0.05, 0.1) is 18.4 Å². The lowest BCUT2D eigenvalue weighted by Crippen LogP contribution is -2.34. The molecule has 0 spiro atoms. The van der Waals surface area contributed by atoms with Crippen LogP contribution < -0.4 is 4.72 Å². The summed E-state index contributed by atoms with van der Waals surface area (Å²) in [5, 5.41) is 0. The minimum Gasteiger partial charge on any atom is -0.469 e. The van der Waals surface area contributed by atoms with E-state index in [-0.39, 0.29) is 11.3 Å². The van der Waals surface area contributed by atoms with Gasteiger partial charge in [0, 0.05) is 6.04 Å². The van der Waals surface area contributed by atoms with Crippen LogP contribution in [-0.4, -0.2) is 27.5 Å². The molecule has 0 aliphatic rings. The summed E-state index contributed by atoms with van der Waals surface area (Å²) in [4.78, 5) is 11.2. The van der Waals surface area contributed by atoms with Crippen LogP contribution in [0.4, 0.5) is 0 Å². The average molecular weight is 271 g/mol. The van der Waals surface area contributed by atoms with Crippen LogP contribution in [0.5, 0.6) is 0 Å². The highest BCUT2D eigenvalue weighted by Crippen LogP contribution is 2.11. The van der Waals surface area contributed by atoms with Crippen molar-refractivity contribution in [3.8, 4) is 0 Å². The first-order valence-corrected chi connectivity index (χ1v) is 6.99. The van der Waals surface area contributed by atoms with Crippen LogP contribution in [-0.2, 0) is 19.6 Å². The minimum atomic E-state index is -3.59. The van der Waals surface area contributed by atoms with Gasteiger partial charge in [-0.1, -0.05) is 17.7 Å². The highest BCUT2D eigenvalue weighted by atomic mass is 32.2. The molecule has 0 bridgehead atoms. The van der Waals surface area contributed by atoms with Crippen molar-refractivity contribution in [2.75, 3.05) is 7.11 Å². The number of rotatable bonds is 5. The van der Waals surface area contributed by atoms with E-state index in [9.17, 15) is 13.2 Å². The van der Waals surface area contributed by atoms with Crippen molar-refractivity contribution >= 4 is 16.0 Å². The van der Waals surface area contributed by atoms with E-state index < -0.39 is 22.0 Å². The molecule has 1 aromatic rings. The maximum Gasteiger partial charge on any atom is 0.307 e. The molecule has 0 radical (unpaired) electrons. The van der Waals surface area contributed by atoms with Crippen molar-refractivity contribution in [1.82, 2.24) is 4.72 Å². The molecular formula is C12H17NO4S. The van der Waals surface area contributed by atoms with Gasteiger partial charge in [-0.2, -0.15) is 0 Å². The molecule has 0 amide bonds. The molecule has 6 heteroatoms. The van der Waals surface area contributed by atoms with Crippen molar-refractivity contribution in [2.45, 2.75) is 31.2 Å². The van der Waals surface area contributed by atoms with Gasteiger partial charge in [-0.3, -0.25) is 4.79 Å². The molecule has 0 saturated heterocycles. The smallest absolute Gasteiger partial charge is 0.307 e. The largest absolute Gasteiger partial charge is 0.469 e. The molecule has 0 aromatic heterocycles. The standard InChI is InChI=1S/C12H17NO4S/c1-9-4-6-11(7-5-9)18(15,16)13-10(2)8-12(14)17-3/h4-7,10,13H,8H2,1-3H3/t10-/m0/s1. The Morgan fingerprint density at radius 1 is 1.33 bits per heavy atom. The van der Waals surface area contributed by atoms with Gasteiger partial charge in [0.1, 0.15) is 0 Å². The number of nitrogens with one attached hydrogen (secondary N) is 1. The third kappa shape index (κ3) is 4.12. The Labute approximate surface area is 107 Å². The lowest BCUT2D eigenvalue weighted by atomic mass is 10.2. The number of carbonyl (C=O) groups is 1. The van der Waals surface area contributed by atoms with Gasteiger partial charge in [-0.25, -0.2) is 13.1 Å². The summed E-state index contributed by atoms with van der Waals surface area (Å²) in [7, 11) is -2.32. The third-order valence-corrected chi connectivity index (χ3v) is 3.99. The molecule has 1 aromatic carbocycles. The summed E-state index contributed by atoms with van der Waals surface area (Å²) in [6.07, 6.45) is 0.00158. The molecule has 0 aliphatic heterocycles. The van der Waals surface area contributed by atoms with Crippen LogP contribution in [0.3, 0.4) is 0 Å². The van der Waals surface area contributed by atoms with Crippen LogP contribution in [0, 0.1) is 6.92 Å². The molecule has 18 heavy (non-hydrogen) atoms. The topological polar surface area (TPSA) is 72.5 Å². The van der Waals surface area contributed by atoms with E-state index in [1.807, 2.05) is 6.92 Å². The number of sulfonamides is 1. The number of carbonyl (C=O) groups excluding carboxylic acids is 1. The van der Waals surface area contributed by atoms with Crippen molar-refractivity contribution in [1.29, 1.82) is 0 Å². The van der Waals surface area contributed by atoms with Gasteiger partial charge in [0.25, 0.3) is 0 Å². The summed E-state index contributed by atoms with van der Waals surface area (Å²) in [6, 6.07) is 5.99. The average Bonchev–Trinajstić information content (AvgIpc) is 2.28. The molecule has 1 atom stereocenters. The van der Waals surface area contributed by atoms with Gasteiger partial charge in [0.2, 0.25) is 10.0 Å². The molecule has 1 rings (SSSR count). The maximum atomic E-state index is 12.0. The Morgan fingerprint density at radius 2 is 1.89 bits per heavy atom. The lowest BCUT2D eigenvalue weighted by Gasteiger charge is -2.13. The fraction of sp³-hybridized carbons (Fsp3) is 0.417. The lowest BCUT2D eigenvalue weighted by molar-refractivity contribution is -0.140. The fourth-order valence-electron chi connectivity index (χ4n) is 1.43. The molecule has 0 fully saturated rings. The van der Waals surface area contributed by atoms with E-state index in [1.54, 1.807) is 19.1 Å². The summed E-state index contributed by atoms with van der Waals surface area (Å²) >= 11 is 0. The van der Waals surface area contributed by atoms with Crippen molar-refractivity contribution in [2.24, 2.45) is 0 Å². The summed E-state index contributed by atoms with van der Waals surface area (Å²) in [6.45, 7) is 3.49. The van der Waals surface area contributed by atoms with Gasteiger partial charge < -0.3 is 4.74 Å². The van der Waals surface area contributed by atoms with Gasteiger partial charge in [-0.15, -0.1) is 0 Å². The van der Waals surface area contributed by atoms with Crippen LogP contribution >= 0.6 is 0 Å².